The third-order valence-electron chi connectivity index (χ3n) is 6.79. The Morgan fingerprint density at radius 2 is 1.87 bits per heavy atom. The van der Waals surface area contributed by atoms with E-state index in [0.29, 0.717) is 27.9 Å². The first-order valence-corrected chi connectivity index (χ1v) is 12.3. The molecule has 2 aromatic carbocycles. The van der Waals surface area contributed by atoms with Gasteiger partial charge in [0.1, 0.15) is 29.4 Å². The number of carbonyl (C=O) groups excluding carboxylic acids is 1. The number of hydrogen-bond donors (Lipinski definition) is 0. The summed E-state index contributed by atoms with van der Waals surface area (Å²) >= 11 is 0. The van der Waals surface area contributed by atoms with E-state index in [4.69, 9.17) is 9.47 Å². The van der Waals surface area contributed by atoms with Crippen LogP contribution < -0.4 is 4.74 Å². The van der Waals surface area contributed by atoms with Crippen LogP contribution in [0.4, 0.5) is 22.4 Å². The average molecular weight is 542 g/mol. The number of methoxy groups -OCH3 is 1. The maximum atomic E-state index is 14.7. The Balaban J connectivity index is 1.75. The van der Waals surface area contributed by atoms with Gasteiger partial charge in [-0.25, -0.2) is 14.2 Å². The molecule has 1 aliphatic rings. The smallest absolute Gasteiger partial charge is 0.416 e. The summed E-state index contributed by atoms with van der Waals surface area (Å²) in [7, 11) is 1.41. The van der Waals surface area contributed by atoms with Gasteiger partial charge in [0.25, 0.3) is 0 Å². The molecular formula is C29H27F4N3O3. The van der Waals surface area contributed by atoms with Crippen LogP contribution in [-0.2, 0) is 17.5 Å². The molecule has 39 heavy (non-hydrogen) atoms. The average Bonchev–Trinajstić information content (AvgIpc) is 3.15. The standard InChI is InChI=1S/C29H27F4N3O3/c1-15(2)22-11-23(26(38-5)12-24(22)30)21-7-6-20(13-34)35-25(21)14-36-17(4)27(39-28(36)37)18-8-16(3)9-19(10-18)29(31,32)33/h6-12,15,17,27H,14H2,1-5H3/t17-,27-/m0/s1. The lowest BCUT2D eigenvalue weighted by Crippen LogP contribution is -2.32. The zero-order chi connectivity index (χ0) is 28.6. The molecule has 204 valence electrons. The minimum Gasteiger partial charge on any atom is -0.496 e. The van der Waals surface area contributed by atoms with Crippen molar-refractivity contribution in [3.05, 3.63) is 81.9 Å². The van der Waals surface area contributed by atoms with Gasteiger partial charge in [-0.2, -0.15) is 18.4 Å². The Hall–Kier alpha value is -4.13. The topological polar surface area (TPSA) is 75.5 Å². The van der Waals surface area contributed by atoms with Crippen LogP contribution in [0.25, 0.3) is 11.1 Å². The number of nitriles is 1. The summed E-state index contributed by atoms with van der Waals surface area (Å²) in [5, 5.41) is 9.47. The lowest BCUT2D eigenvalue weighted by atomic mass is 9.94. The highest BCUT2D eigenvalue weighted by molar-refractivity contribution is 5.75. The van der Waals surface area contributed by atoms with Crippen molar-refractivity contribution in [2.45, 2.75) is 58.5 Å². The van der Waals surface area contributed by atoms with Gasteiger partial charge in [0.05, 0.1) is 31.0 Å². The zero-order valence-corrected chi connectivity index (χ0v) is 22.1. The van der Waals surface area contributed by atoms with E-state index in [2.05, 4.69) is 4.98 Å². The first kappa shape index (κ1) is 27.9. The van der Waals surface area contributed by atoms with Crippen molar-refractivity contribution in [2.24, 2.45) is 0 Å². The summed E-state index contributed by atoms with van der Waals surface area (Å²) in [4.78, 5) is 18.7. The number of halogens is 4. The fraction of sp³-hybridized carbons (Fsp3) is 0.345. The SMILES string of the molecule is COc1cc(F)c(C(C)C)cc1-c1ccc(C#N)nc1CN1C(=O)O[C@H](c2cc(C)cc(C(F)(F)F)c2)[C@@H]1C. The molecule has 1 amide bonds. The number of cyclic esters (lactones) is 1. The van der Waals surface area contributed by atoms with Crippen molar-refractivity contribution in [1.29, 1.82) is 5.26 Å². The van der Waals surface area contributed by atoms with Crippen molar-refractivity contribution in [3.63, 3.8) is 0 Å². The number of rotatable bonds is 6. The van der Waals surface area contributed by atoms with Gasteiger partial charge in [0.15, 0.2) is 0 Å². The number of aromatic nitrogens is 1. The quantitative estimate of drug-likeness (QED) is 0.306. The normalized spacial score (nSPS) is 17.4. The maximum absolute atomic E-state index is 14.7. The summed E-state index contributed by atoms with van der Waals surface area (Å²) in [5.74, 6) is -0.307. The molecule has 6 nitrogen and oxygen atoms in total. The van der Waals surface area contributed by atoms with E-state index in [-0.39, 0.29) is 29.5 Å². The van der Waals surface area contributed by atoms with Crippen LogP contribution in [0.2, 0.25) is 0 Å². The van der Waals surface area contributed by atoms with Gasteiger partial charge >= 0.3 is 12.3 Å². The number of pyridine rings is 1. The van der Waals surface area contributed by atoms with E-state index < -0.39 is 35.8 Å². The predicted molar refractivity (Wildman–Crippen MR) is 135 cm³/mol. The second-order valence-electron chi connectivity index (χ2n) is 9.83. The number of hydrogen-bond acceptors (Lipinski definition) is 5. The van der Waals surface area contributed by atoms with Gasteiger partial charge in [0, 0.05) is 17.2 Å². The number of benzene rings is 2. The van der Waals surface area contributed by atoms with E-state index in [1.54, 1.807) is 32.0 Å². The Bertz CT molecular complexity index is 1460. The lowest BCUT2D eigenvalue weighted by molar-refractivity contribution is -0.137. The van der Waals surface area contributed by atoms with Crippen LogP contribution in [0, 0.1) is 24.1 Å². The number of carbonyl (C=O) groups is 1. The molecule has 10 heteroatoms. The highest BCUT2D eigenvalue weighted by Crippen LogP contribution is 2.40. The molecule has 4 rings (SSSR count). The van der Waals surface area contributed by atoms with Crippen molar-refractivity contribution in [2.75, 3.05) is 7.11 Å². The Kier molecular flexibility index (Phi) is 7.55. The number of alkyl halides is 3. The Morgan fingerprint density at radius 3 is 2.49 bits per heavy atom. The van der Waals surface area contributed by atoms with Crippen LogP contribution in [0.3, 0.4) is 0 Å². The predicted octanol–water partition coefficient (Wildman–Crippen LogP) is 7.30. The first-order chi connectivity index (χ1) is 18.3. The lowest BCUT2D eigenvalue weighted by Gasteiger charge is -2.23. The summed E-state index contributed by atoms with van der Waals surface area (Å²) < 4.78 is 65.9. The third-order valence-corrected chi connectivity index (χ3v) is 6.79. The number of aryl methyl sites for hydroxylation is 1. The Morgan fingerprint density at radius 1 is 1.15 bits per heavy atom. The second-order valence-corrected chi connectivity index (χ2v) is 9.83. The molecule has 0 bridgehead atoms. The van der Waals surface area contributed by atoms with Crippen LogP contribution in [0.5, 0.6) is 5.75 Å². The maximum Gasteiger partial charge on any atom is 0.416 e. The van der Waals surface area contributed by atoms with Crippen LogP contribution in [0.1, 0.15) is 66.4 Å². The van der Waals surface area contributed by atoms with Crippen LogP contribution in [-0.4, -0.2) is 29.1 Å². The molecule has 1 aliphatic heterocycles. The molecule has 0 saturated carbocycles. The zero-order valence-electron chi connectivity index (χ0n) is 22.1. The monoisotopic (exact) mass is 541 g/mol. The van der Waals surface area contributed by atoms with Gasteiger partial charge in [-0.3, -0.25) is 4.90 Å². The molecule has 1 aromatic heterocycles. The highest BCUT2D eigenvalue weighted by atomic mass is 19.4. The fourth-order valence-electron chi connectivity index (χ4n) is 4.78. The molecule has 0 radical (unpaired) electrons. The second kappa shape index (κ2) is 10.6. The summed E-state index contributed by atoms with van der Waals surface area (Å²) in [6.07, 6.45) is -6.23. The molecule has 0 spiro atoms. The molecule has 0 unspecified atom stereocenters. The number of ether oxygens (including phenoxy) is 2. The van der Waals surface area contributed by atoms with Gasteiger partial charge in [0.2, 0.25) is 0 Å². The van der Waals surface area contributed by atoms with Crippen LogP contribution >= 0.6 is 0 Å². The van der Waals surface area contributed by atoms with Gasteiger partial charge in [-0.15, -0.1) is 0 Å². The van der Waals surface area contributed by atoms with Gasteiger partial charge < -0.3 is 9.47 Å². The molecule has 2 atom stereocenters. The van der Waals surface area contributed by atoms with E-state index in [9.17, 15) is 27.6 Å². The number of amides is 1. The van der Waals surface area contributed by atoms with Gasteiger partial charge in [-0.1, -0.05) is 25.5 Å². The first-order valence-electron chi connectivity index (χ1n) is 12.3. The molecule has 2 heterocycles. The van der Waals surface area contributed by atoms with E-state index in [0.717, 1.165) is 12.1 Å². The molecule has 1 saturated heterocycles. The van der Waals surface area contributed by atoms with Crippen LogP contribution in [0.15, 0.2) is 42.5 Å². The largest absolute Gasteiger partial charge is 0.496 e. The molecule has 1 fully saturated rings. The number of nitrogens with zero attached hydrogens (tertiary/aromatic N) is 3. The van der Waals surface area contributed by atoms with E-state index in [1.165, 1.54) is 24.1 Å². The van der Waals surface area contributed by atoms with Crippen molar-refractivity contribution in [3.8, 4) is 22.9 Å². The third kappa shape index (κ3) is 5.53. The highest BCUT2D eigenvalue weighted by Gasteiger charge is 2.41. The van der Waals surface area contributed by atoms with Crippen molar-refractivity contribution < 1.29 is 31.8 Å². The molecule has 3 aromatic rings. The molecule has 0 aliphatic carbocycles. The fourth-order valence-corrected chi connectivity index (χ4v) is 4.78. The van der Waals surface area contributed by atoms with E-state index in [1.807, 2.05) is 19.9 Å². The summed E-state index contributed by atoms with van der Waals surface area (Å²) in [6, 6.07) is 11.0. The minimum absolute atomic E-state index is 0.100. The summed E-state index contributed by atoms with van der Waals surface area (Å²) in [5.41, 5.74) is 1.72. The van der Waals surface area contributed by atoms with Gasteiger partial charge in [-0.05, 0) is 61.2 Å². The van der Waals surface area contributed by atoms with E-state index >= 15 is 0 Å². The summed E-state index contributed by atoms with van der Waals surface area (Å²) in [6.45, 7) is 6.82. The Labute approximate surface area is 223 Å². The molecule has 0 N–H and O–H groups in total. The minimum atomic E-state index is -4.55. The molecular weight excluding hydrogens is 514 g/mol. The van der Waals surface area contributed by atoms with Crippen molar-refractivity contribution in [1.82, 2.24) is 9.88 Å². The van der Waals surface area contributed by atoms with Crippen molar-refractivity contribution >= 4 is 6.09 Å².